The lowest BCUT2D eigenvalue weighted by atomic mass is 10.3. The highest BCUT2D eigenvalue weighted by Gasteiger charge is 2.36. The quantitative estimate of drug-likeness (QED) is 0.700. The molecule has 6 heteroatoms. The first-order chi connectivity index (χ1) is 5.45. The van der Waals surface area contributed by atoms with Gasteiger partial charge in [-0.25, -0.2) is 4.98 Å². The normalized spacial score (nSPS) is 12.1. The summed E-state index contributed by atoms with van der Waals surface area (Å²) in [4.78, 5) is 3.40. The lowest BCUT2D eigenvalue weighted by Crippen LogP contribution is -2.07. The Hall–Kier alpha value is -0.290. The molecule has 1 nitrogen and oxygen atoms in total. The van der Waals surface area contributed by atoms with Crippen LogP contribution < -0.4 is 0 Å². The monoisotopic (exact) mass is 215 g/mol. The number of alkyl halides is 3. The first-order valence-corrected chi connectivity index (χ1v) is 4.37. The average molecular weight is 216 g/mol. The molecule has 0 spiro atoms. The van der Waals surface area contributed by atoms with E-state index in [1.54, 1.807) is 6.92 Å². The van der Waals surface area contributed by atoms with Crippen LogP contribution >= 0.6 is 22.9 Å². The zero-order chi connectivity index (χ0) is 9.35. The fourth-order valence-electron chi connectivity index (χ4n) is 0.784. The Balaban J connectivity index is 3.13. The summed E-state index contributed by atoms with van der Waals surface area (Å²) in [6.45, 7) is 1.64. The first-order valence-electron chi connectivity index (χ1n) is 3.17. The third kappa shape index (κ3) is 1.90. The molecule has 0 N–H and O–H groups in total. The summed E-state index contributed by atoms with van der Waals surface area (Å²) in [6.07, 6.45) is -4.08. The number of hydrogen-bond acceptors (Lipinski definition) is 2. The number of thiazole rings is 1. The molecule has 0 fully saturated rings. The van der Waals surface area contributed by atoms with Gasteiger partial charge in [-0.3, -0.25) is 0 Å². The van der Waals surface area contributed by atoms with Crippen LogP contribution in [0.15, 0.2) is 0 Å². The van der Waals surface area contributed by atoms with Crippen LogP contribution in [0.5, 0.6) is 0 Å². The van der Waals surface area contributed by atoms with Crippen molar-refractivity contribution in [3.05, 3.63) is 15.0 Å². The minimum atomic E-state index is -4.38. The number of aromatic nitrogens is 1. The Morgan fingerprint density at radius 2 is 2.08 bits per heavy atom. The Kier molecular flexibility index (Phi) is 2.63. The summed E-state index contributed by atoms with van der Waals surface area (Å²) in [5.74, 6) is 0. The lowest BCUT2D eigenvalue weighted by molar-refractivity contribution is -0.141. The van der Waals surface area contributed by atoms with Crippen molar-refractivity contribution in [2.24, 2.45) is 0 Å². The Morgan fingerprint density at radius 1 is 1.50 bits per heavy atom. The van der Waals surface area contributed by atoms with Crippen LogP contribution in [0.1, 0.15) is 17.5 Å². The number of hydrogen-bond donors (Lipinski definition) is 0. The molecule has 0 bridgehead atoms. The molecule has 0 aliphatic rings. The molecular weight excluding hydrogens is 211 g/mol. The molecule has 0 aromatic carbocycles. The second kappa shape index (κ2) is 3.22. The van der Waals surface area contributed by atoms with Crippen LogP contribution in [0.4, 0.5) is 13.2 Å². The van der Waals surface area contributed by atoms with Crippen LogP contribution in [0, 0.1) is 0 Å². The second-order valence-electron chi connectivity index (χ2n) is 2.09. The lowest BCUT2D eigenvalue weighted by Gasteiger charge is -2.03. The number of nitrogens with zero attached hydrogens (tertiary/aromatic N) is 1. The molecule has 0 atom stereocenters. The van der Waals surface area contributed by atoms with E-state index in [0.29, 0.717) is 6.42 Å². The largest absolute Gasteiger partial charge is 0.434 e. The molecule has 1 aromatic rings. The van der Waals surface area contributed by atoms with Gasteiger partial charge in [0.2, 0.25) is 0 Å². The van der Waals surface area contributed by atoms with Gasteiger partial charge in [0.05, 0.1) is 0 Å². The van der Waals surface area contributed by atoms with Gasteiger partial charge in [-0.2, -0.15) is 13.2 Å². The van der Waals surface area contributed by atoms with Gasteiger partial charge in [-0.15, -0.1) is 11.3 Å². The smallest absolute Gasteiger partial charge is 0.220 e. The van der Waals surface area contributed by atoms with Crippen molar-refractivity contribution >= 4 is 22.9 Å². The molecule has 0 aliphatic heterocycles. The van der Waals surface area contributed by atoms with Gasteiger partial charge in [0.15, 0.2) is 10.2 Å². The molecule has 0 saturated carbocycles. The van der Waals surface area contributed by atoms with Gasteiger partial charge in [-0.1, -0.05) is 18.5 Å². The van der Waals surface area contributed by atoms with E-state index in [2.05, 4.69) is 4.98 Å². The van der Waals surface area contributed by atoms with Crippen molar-refractivity contribution in [1.29, 1.82) is 0 Å². The predicted octanol–water partition coefficient (Wildman–Crippen LogP) is 3.38. The van der Waals surface area contributed by atoms with Crippen molar-refractivity contribution in [3.8, 4) is 0 Å². The minimum Gasteiger partial charge on any atom is -0.220 e. The highest BCUT2D eigenvalue weighted by atomic mass is 35.5. The van der Waals surface area contributed by atoms with Gasteiger partial charge >= 0.3 is 6.18 Å². The topological polar surface area (TPSA) is 12.9 Å². The molecule has 68 valence electrons. The van der Waals surface area contributed by atoms with E-state index in [9.17, 15) is 13.2 Å². The number of aryl methyl sites for hydroxylation is 1. The third-order valence-corrected chi connectivity index (χ3v) is 2.56. The van der Waals surface area contributed by atoms with Crippen LogP contribution in [0.25, 0.3) is 0 Å². The van der Waals surface area contributed by atoms with E-state index < -0.39 is 11.9 Å². The summed E-state index contributed by atoms with van der Waals surface area (Å²) >= 11 is 6.23. The van der Waals surface area contributed by atoms with Crippen LogP contribution in [-0.4, -0.2) is 4.98 Å². The fourth-order valence-corrected chi connectivity index (χ4v) is 1.89. The average Bonchev–Trinajstić information content (AvgIpc) is 2.29. The minimum absolute atomic E-state index is 0.0563. The predicted molar refractivity (Wildman–Crippen MR) is 41.5 cm³/mol. The van der Waals surface area contributed by atoms with Gasteiger partial charge in [0, 0.05) is 4.88 Å². The van der Waals surface area contributed by atoms with Crippen molar-refractivity contribution in [1.82, 2.24) is 4.98 Å². The third-order valence-electron chi connectivity index (χ3n) is 1.26. The van der Waals surface area contributed by atoms with Crippen LogP contribution in [0.2, 0.25) is 4.47 Å². The van der Waals surface area contributed by atoms with Gasteiger partial charge in [-0.05, 0) is 6.42 Å². The maximum atomic E-state index is 12.1. The number of halogens is 4. The zero-order valence-corrected chi connectivity index (χ0v) is 7.65. The fraction of sp³-hybridized carbons (Fsp3) is 0.500. The summed E-state index contributed by atoms with van der Waals surface area (Å²) < 4.78 is 36.3. The Bertz CT molecular complexity index is 281. The summed E-state index contributed by atoms with van der Waals surface area (Å²) in [5, 5.41) is 0. The van der Waals surface area contributed by atoms with E-state index in [-0.39, 0.29) is 9.34 Å². The first kappa shape index (κ1) is 9.80. The summed E-state index contributed by atoms with van der Waals surface area (Å²) in [5.41, 5.74) is -0.847. The molecule has 0 unspecified atom stereocenters. The Morgan fingerprint density at radius 3 is 2.42 bits per heavy atom. The molecular formula is C6H5ClF3NS. The summed E-state index contributed by atoms with van der Waals surface area (Å²) in [6, 6.07) is 0. The maximum absolute atomic E-state index is 12.1. The van der Waals surface area contributed by atoms with Crippen molar-refractivity contribution in [2.45, 2.75) is 19.5 Å². The van der Waals surface area contributed by atoms with E-state index >= 15 is 0 Å². The molecule has 1 aromatic heterocycles. The van der Waals surface area contributed by atoms with Crippen molar-refractivity contribution < 1.29 is 13.2 Å². The molecule has 0 amide bonds. The van der Waals surface area contributed by atoms with Gasteiger partial charge in [0.1, 0.15) is 0 Å². The van der Waals surface area contributed by atoms with E-state index in [1.165, 1.54) is 0 Å². The highest BCUT2D eigenvalue weighted by molar-refractivity contribution is 7.15. The zero-order valence-electron chi connectivity index (χ0n) is 6.07. The van der Waals surface area contributed by atoms with Crippen LogP contribution in [-0.2, 0) is 12.6 Å². The van der Waals surface area contributed by atoms with Crippen LogP contribution in [0.3, 0.4) is 0 Å². The molecule has 0 saturated heterocycles. The standard InChI is InChI=1S/C6H5ClF3NS/c1-2-3-4(6(8,9)10)11-5(7)12-3/h2H2,1H3. The second-order valence-corrected chi connectivity index (χ2v) is 3.76. The van der Waals surface area contributed by atoms with Gasteiger partial charge in [0.25, 0.3) is 0 Å². The van der Waals surface area contributed by atoms with E-state index in [1.807, 2.05) is 0 Å². The van der Waals surface area contributed by atoms with E-state index in [4.69, 9.17) is 11.6 Å². The van der Waals surface area contributed by atoms with Crippen molar-refractivity contribution in [3.63, 3.8) is 0 Å². The highest BCUT2D eigenvalue weighted by Crippen LogP contribution is 2.35. The molecule has 0 aliphatic carbocycles. The molecule has 1 heterocycles. The Labute approximate surface area is 76.2 Å². The molecule has 12 heavy (non-hydrogen) atoms. The SMILES string of the molecule is CCc1sc(Cl)nc1C(F)(F)F. The maximum Gasteiger partial charge on any atom is 0.434 e. The van der Waals surface area contributed by atoms with E-state index in [0.717, 1.165) is 11.3 Å². The number of rotatable bonds is 1. The molecule has 1 rings (SSSR count). The van der Waals surface area contributed by atoms with Crippen molar-refractivity contribution in [2.75, 3.05) is 0 Å². The van der Waals surface area contributed by atoms with Gasteiger partial charge < -0.3 is 0 Å². The summed E-state index contributed by atoms with van der Waals surface area (Å²) in [7, 11) is 0. The molecule has 0 radical (unpaired) electrons.